The van der Waals surface area contributed by atoms with Crippen LogP contribution in [0.2, 0.25) is 0 Å². The van der Waals surface area contributed by atoms with Gasteiger partial charge in [-0.25, -0.2) is 14.4 Å². The molecule has 1 aliphatic heterocycles. The van der Waals surface area contributed by atoms with Crippen LogP contribution in [-0.2, 0) is 20.0 Å². The zero-order valence-corrected chi connectivity index (χ0v) is 19.8. The highest BCUT2D eigenvalue weighted by Gasteiger charge is 2.29. The summed E-state index contributed by atoms with van der Waals surface area (Å²) in [6.07, 6.45) is 2.44. The van der Waals surface area contributed by atoms with Crippen molar-refractivity contribution >= 4 is 17.1 Å². The molecule has 1 atom stereocenters. The maximum absolute atomic E-state index is 14.4. The number of aromatic amines is 1. The number of H-pyrrole nitrogens is 1. The maximum Gasteiger partial charge on any atom is 0.254 e. The molecule has 1 aromatic carbocycles. The van der Waals surface area contributed by atoms with Crippen molar-refractivity contribution in [3.8, 4) is 23.1 Å². The first kappa shape index (κ1) is 21.8. The zero-order chi connectivity index (χ0) is 24.1. The highest BCUT2D eigenvalue weighted by atomic mass is 19.1. The quantitative estimate of drug-likeness (QED) is 0.436. The van der Waals surface area contributed by atoms with Crippen LogP contribution < -0.4 is 0 Å². The highest BCUT2D eigenvalue weighted by molar-refractivity contribution is 5.96. The summed E-state index contributed by atoms with van der Waals surface area (Å²) in [5.74, 6) is 5.16. The lowest BCUT2D eigenvalue weighted by Gasteiger charge is -2.23. The number of rotatable bonds is 1. The van der Waals surface area contributed by atoms with Crippen LogP contribution in [0.3, 0.4) is 0 Å². The van der Waals surface area contributed by atoms with Crippen molar-refractivity contribution in [1.82, 2.24) is 29.6 Å². The molecule has 1 N–H and O–H groups in total. The average Bonchev–Trinajstić information content (AvgIpc) is 3.34. The van der Waals surface area contributed by atoms with Gasteiger partial charge in [0.2, 0.25) is 0 Å². The summed E-state index contributed by atoms with van der Waals surface area (Å²) < 4.78 is 16.1. The molecule has 0 spiro atoms. The Bertz CT molecular complexity index is 1520. The smallest absolute Gasteiger partial charge is 0.254 e. The van der Waals surface area contributed by atoms with E-state index in [1.54, 1.807) is 35.8 Å². The number of aryl methyl sites for hydroxylation is 2. The van der Waals surface area contributed by atoms with Gasteiger partial charge in [0.15, 0.2) is 5.65 Å². The number of halogens is 1. The van der Waals surface area contributed by atoms with Gasteiger partial charge in [0.1, 0.15) is 17.0 Å². The fraction of sp³-hybridized carbons (Fsp3) is 0.308. The number of nitrogens with one attached hydrogen (secondary N) is 1. The lowest BCUT2D eigenvalue weighted by molar-refractivity contribution is 0.0780. The minimum atomic E-state index is -0.380. The molecular weight excluding hydrogens is 431 g/mol. The van der Waals surface area contributed by atoms with Crippen molar-refractivity contribution in [2.75, 3.05) is 7.05 Å². The van der Waals surface area contributed by atoms with Crippen LogP contribution in [-0.4, -0.2) is 42.6 Å². The average molecular weight is 457 g/mol. The van der Waals surface area contributed by atoms with E-state index in [9.17, 15) is 9.18 Å². The van der Waals surface area contributed by atoms with Gasteiger partial charge >= 0.3 is 0 Å². The van der Waals surface area contributed by atoms with Crippen LogP contribution in [0.5, 0.6) is 0 Å². The molecular formula is C26H25FN6O. The Morgan fingerprint density at radius 2 is 2.09 bits per heavy atom. The van der Waals surface area contributed by atoms with Gasteiger partial charge in [0.05, 0.1) is 29.7 Å². The Hall–Kier alpha value is -3.99. The standard InChI is InChI=1S/C26H25FN6O/c1-6-8-19-23-20-12-28-25-24(29-20)22(18(7-2)30-25)14(3)17-11-15(27)9-10-16(17)26(34)32(4)13-21(23)33(5)31-19/h9-12,14H,7,13H2,1-5H3,(H,28,30). The lowest BCUT2D eigenvalue weighted by atomic mass is 9.87. The first-order chi connectivity index (χ1) is 16.3. The number of hydrogen-bond acceptors (Lipinski definition) is 4. The monoisotopic (exact) mass is 456 g/mol. The number of nitrogens with zero attached hydrogens (tertiary/aromatic N) is 5. The topological polar surface area (TPSA) is 79.7 Å². The highest BCUT2D eigenvalue weighted by Crippen LogP contribution is 2.37. The van der Waals surface area contributed by atoms with E-state index in [1.165, 1.54) is 12.1 Å². The van der Waals surface area contributed by atoms with Gasteiger partial charge < -0.3 is 9.88 Å². The fourth-order valence-corrected chi connectivity index (χ4v) is 4.85. The van der Waals surface area contributed by atoms with Crippen LogP contribution in [0.4, 0.5) is 4.39 Å². The van der Waals surface area contributed by atoms with E-state index in [4.69, 9.17) is 4.98 Å². The normalized spacial score (nSPS) is 15.4. The van der Waals surface area contributed by atoms with E-state index in [0.29, 0.717) is 33.7 Å². The summed E-state index contributed by atoms with van der Waals surface area (Å²) in [7, 11) is 3.57. The Kier molecular flexibility index (Phi) is 5.20. The summed E-state index contributed by atoms with van der Waals surface area (Å²) in [5, 5.41) is 4.61. The molecule has 2 bridgehead atoms. The molecule has 0 aliphatic carbocycles. The van der Waals surface area contributed by atoms with Crippen LogP contribution in [0.1, 0.15) is 65.3 Å². The lowest BCUT2D eigenvalue weighted by Crippen LogP contribution is -2.29. The van der Waals surface area contributed by atoms with Crippen molar-refractivity contribution in [2.24, 2.45) is 7.05 Å². The minimum absolute atomic E-state index is 0.183. The van der Waals surface area contributed by atoms with Crippen molar-refractivity contribution < 1.29 is 9.18 Å². The van der Waals surface area contributed by atoms with Crippen LogP contribution in [0.15, 0.2) is 24.4 Å². The van der Waals surface area contributed by atoms with Gasteiger partial charge in [-0.3, -0.25) is 9.48 Å². The maximum atomic E-state index is 14.4. The molecule has 0 saturated heterocycles. The Labute approximate surface area is 197 Å². The molecule has 4 aromatic rings. The third-order valence-corrected chi connectivity index (χ3v) is 6.52. The second-order valence-electron chi connectivity index (χ2n) is 8.61. The van der Waals surface area contributed by atoms with Gasteiger partial charge in [-0.1, -0.05) is 19.8 Å². The van der Waals surface area contributed by atoms with Gasteiger partial charge in [-0.2, -0.15) is 5.10 Å². The minimum Gasteiger partial charge on any atom is -0.342 e. The third kappa shape index (κ3) is 3.27. The zero-order valence-electron chi connectivity index (χ0n) is 19.8. The fourth-order valence-electron chi connectivity index (χ4n) is 4.85. The van der Waals surface area contributed by atoms with Crippen LogP contribution >= 0.6 is 0 Å². The van der Waals surface area contributed by atoms with E-state index in [-0.39, 0.29) is 24.2 Å². The number of carbonyl (C=O) groups is 1. The molecule has 1 amide bonds. The summed E-state index contributed by atoms with van der Waals surface area (Å²) in [6, 6.07) is 4.36. The van der Waals surface area contributed by atoms with Gasteiger partial charge in [0, 0.05) is 36.8 Å². The van der Waals surface area contributed by atoms with E-state index in [1.807, 2.05) is 20.9 Å². The molecule has 0 fully saturated rings. The third-order valence-electron chi connectivity index (χ3n) is 6.52. The Morgan fingerprint density at radius 1 is 1.29 bits per heavy atom. The number of fused-ring (bicyclic) bond motifs is 4. The predicted molar refractivity (Wildman–Crippen MR) is 128 cm³/mol. The van der Waals surface area contributed by atoms with E-state index >= 15 is 0 Å². The second-order valence-corrected chi connectivity index (χ2v) is 8.61. The van der Waals surface area contributed by atoms with E-state index < -0.39 is 0 Å². The summed E-state index contributed by atoms with van der Waals surface area (Å²) in [6.45, 7) is 6.08. The summed E-state index contributed by atoms with van der Waals surface area (Å²) >= 11 is 0. The predicted octanol–water partition coefficient (Wildman–Crippen LogP) is 4.17. The molecule has 0 radical (unpaired) electrons. The van der Waals surface area contributed by atoms with Gasteiger partial charge in [0.25, 0.3) is 5.91 Å². The summed E-state index contributed by atoms with van der Waals surface area (Å²) in [5.41, 5.74) is 7.15. The Balaban J connectivity index is 1.90. The van der Waals surface area contributed by atoms with Crippen LogP contribution in [0, 0.1) is 17.7 Å². The van der Waals surface area contributed by atoms with Gasteiger partial charge in [-0.15, -0.1) is 0 Å². The number of aromatic nitrogens is 5. The molecule has 3 aromatic heterocycles. The number of amides is 1. The summed E-state index contributed by atoms with van der Waals surface area (Å²) in [4.78, 5) is 28.3. The first-order valence-electron chi connectivity index (χ1n) is 11.2. The molecule has 1 unspecified atom stereocenters. The SMILES string of the molecule is CC#Cc1nn(C)c2c1-c1cnc3[nH]c(CC)c(c3n1)C(C)c1cc(F)ccc1C(=O)N(C)C2. The molecule has 5 rings (SSSR count). The van der Waals surface area contributed by atoms with Crippen molar-refractivity contribution in [1.29, 1.82) is 0 Å². The molecule has 34 heavy (non-hydrogen) atoms. The molecule has 0 saturated carbocycles. The van der Waals surface area contributed by atoms with E-state index in [2.05, 4.69) is 26.9 Å². The number of benzene rings is 1. The number of carbonyl (C=O) groups excluding carboxylic acids is 1. The molecule has 8 heteroatoms. The largest absolute Gasteiger partial charge is 0.342 e. The number of hydrogen-bond donors (Lipinski definition) is 1. The first-order valence-corrected chi connectivity index (χ1v) is 11.2. The van der Waals surface area contributed by atoms with Gasteiger partial charge in [-0.05, 0) is 43.0 Å². The van der Waals surface area contributed by atoms with Crippen molar-refractivity contribution in [3.05, 3.63) is 64.0 Å². The molecule has 4 heterocycles. The van der Waals surface area contributed by atoms with Crippen LogP contribution in [0.25, 0.3) is 22.4 Å². The van der Waals surface area contributed by atoms with E-state index in [0.717, 1.165) is 28.9 Å². The van der Waals surface area contributed by atoms with Crippen molar-refractivity contribution in [3.63, 3.8) is 0 Å². The van der Waals surface area contributed by atoms with Crippen molar-refractivity contribution in [2.45, 2.75) is 39.7 Å². The molecule has 1 aliphatic rings. The second kappa shape index (κ2) is 8.10. The Morgan fingerprint density at radius 3 is 2.82 bits per heavy atom. The molecule has 7 nitrogen and oxygen atoms in total. The molecule has 172 valence electrons.